The summed E-state index contributed by atoms with van der Waals surface area (Å²) in [6.45, 7) is 7.98. The van der Waals surface area contributed by atoms with Gasteiger partial charge in [-0.2, -0.15) is 0 Å². The number of unbranched alkanes of at least 4 members (excludes halogenated alkanes) is 2. The second-order valence-corrected chi connectivity index (χ2v) is 6.87. The zero-order valence-corrected chi connectivity index (χ0v) is 15.2. The second-order valence-electron chi connectivity index (χ2n) is 6.87. The van der Waals surface area contributed by atoms with Crippen LogP contribution in [0.25, 0.3) is 0 Å². The highest BCUT2D eigenvalue weighted by molar-refractivity contribution is 5.85. The molecular formula is C18H30N2O4. The number of carbonyl (C=O) groups excluding carboxylic acids is 2. The average molecular weight is 338 g/mol. The summed E-state index contributed by atoms with van der Waals surface area (Å²) in [6, 6.07) is 1.29. The standard InChI is InChI=1S/C18H30N2O4/c1-5-6-7-8-15(20-17(22)24-18(2,3)4)16(21)19-11-9-14-10-12-23-13-14/h10,12-13,15H,5-9,11H2,1-4H3,(H,19,21)(H,20,22)/t15-/m0/s1. The molecule has 0 fully saturated rings. The summed E-state index contributed by atoms with van der Waals surface area (Å²) in [4.78, 5) is 24.3. The van der Waals surface area contributed by atoms with Crippen molar-refractivity contribution in [1.29, 1.82) is 0 Å². The van der Waals surface area contributed by atoms with Crippen LogP contribution in [0.4, 0.5) is 4.79 Å². The minimum absolute atomic E-state index is 0.180. The Morgan fingerprint density at radius 3 is 2.62 bits per heavy atom. The van der Waals surface area contributed by atoms with Crippen LogP contribution in [-0.2, 0) is 16.0 Å². The first-order valence-electron chi connectivity index (χ1n) is 8.60. The van der Waals surface area contributed by atoms with Crippen LogP contribution < -0.4 is 10.6 Å². The molecule has 1 aromatic heterocycles. The van der Waals surface area contributed by atoms with Gasteiger partial charge in [0.05, 0.1) is 12.5 Å². The Morgan fingerprint density at radius 2 is 2.04 bits per heavy atom. The lowest BCUT2D eigenvalue weighted by molar-refractivity contribution is -0.123. The number of rotatable bonds is 9. The quantitative estimate of drug-likeness (QED) is 0.676. The first kappa shape index (κ1) is 20.1. The molecule has 1 atom stereocenters. The highest BCUT2D eigenvalue weighted by Gasteiger charge is 2.23. The predicted molar refractivity (Wildman–Crippen MR) is 92.7 cm³/mol. The number of hydrogen-bond acceptors (Lipinski definition) is 4. The first-order valence-corrected chi connectivity index (χ1v) is 8.60. The molecule has 0 aliphatic carbocycles. The molecule has 0 aliphatic heterocycles. The van der Waals surface area contributed by atoms with Gasteiger partial charge in [0.2, 0.25) is 5.91 Å². The number of nitrogens with one attached hydrogen (secondary N) is 2. The van der Waals surface area contributed by atoms with E-state index in [-0.39, 0.29) is 5.91 Å². The van der Waals surface area contributed by atoms with E-state index in [1.807, 2.05) is 6.07 Å². The van der Waals surface area contributed by atoms with Crippen molar-refractivity contribution in [2.75, 3.05) is 6.54 Å². The Balaban J connectivity index is 2.49. The normalized spacial score (nSPS) is 12.5. The van der Waals surface area contributed by atoms with Gasteiger partial charge in [-0.25, -0.2) is 4.79 Å². The summed E-state index contributed by atoms with van der Waals surface area (Å²) in [5.74, 6) is -0.180. The van der Waals surface area contributed by atoms with Crippen LogP contribution >= 0.6 is 0 Å². The maximum atomic E-state index is 12.4. The van der Waals surface area contributed by atoms with E-state index in [0.29, 0.717) is 19.4 Å². The van der Waals surface area contributed by atoms with Gasteiger partial charge in [0.25, 0.3) is 0 Å². The van der Waals surface area contributed by atoms with Gasteiger partial charge in [0, 0.05) is 6.54 Å². The average Bonchev–Trinajstić information content (AvgIpc) is 2.97. The van der Waals surface area contributed by atoms with E-state index in [1.165, 1.54) is 0 Å². The zero-order chi connectivity index (χ0) is 18.0. The summed E-state index contributed by atoms with van der Waals surface area (Å²) < 4.78 is 10.2. The number of amides is 2. The van der Waals surface area contributed by atoms with Crippen molar-refractivity contribution in [2.45, 2.75) is 71.4 Å². The summed E-state index contributed by atoms with van der Waals surface area (Å²) in [7, 11) is 0. The number of ether oxygens (including phenoxy) is 1. The topological polar surface area (TPSA) is 80.6 Å². The van der Waals surface area contributed by atoms with Crippen molar-refractivity contribution in [3.63, 3.8) is 0 Å². The lowest BCUT2D eigenvalue weighted by atomic mass is 10.1. The molecule has 1 aromatic rings. The molecule has 6 heteroatoms. The maximum Gasteiger partial charge on any atom is 0.408 e. The summed E-state index contributed by atoms with van der Waals surface area (Å²) in [6.07, 6.45) is 6.95. The van der Waals surface area contributed by atoms with E-state index in [4.69, 9.17) is 9.15 Å². The van der Waals surface area contributed by atoms with Crippen LogP contribution in [0.15, 0.2) is 23.0 Å². The van der Waals surface area contributed by atoms with Crippen molar-refractivity contribution in [1.82, 2.24) is 10.6 Å². The van der Waals surface area contributed by atoms with Gasteiger partial charge in [-0.1, -0.05) is 26.2 Å². The Morgan fingerprint density at radius 1 is 1.29 bits per heavy atom. The van der Waals surface area contributed by atoms with Crippen molar-refractivity contribution in [3.05, 3.63) is 24.2 Å². The fourth-order valence-electron chi connectivity index (χ4n) is 2.21. The lowest BCUT2D eigenvalue weighted by Gasteiger charge is -2.23. The van der Waals surface area contributed by atoms with Crippen LogP contribution in [0, 0.1) is 0 Å². The van der Waals surface area contributed by atoms with Gasteiger partial charge in [-0.3, -0.25) is 4.79 Å². The molecule has 0 unspecified atom stereocenters. The molecule has 0 bridgehead atoms. The third-order valence-corrected chi connectivity index (χ3v) is 3.40. The van der Waals surface area contributed by atoms with E-state index in [0.717, 1.165) is 24.8 Å². The Hall–Kier alpha value is -1.98. The van der Waals surface area contributed by atoms with Crippen molar-refractivity contribution >= 4 is 12.0 Å². The molecule has 0 spiro atoms. The molecule has 0 aliphatic rings. The molecule has 136 valence electrons. The van der Waals surface area contributed by atoms with Crippen LogP contribution in [0.2, 0.25) is 0 Å². The van der Waals surface area contributed by atoms with Gasteiger partial charge in [0.1, 0.15) is 11.6 Å². The number of alkyl carbamates (subject to hydrolysis) is 1. The number of carbonyl (C=O) groups is 2. The van der Waals surface area contributed by atoms with Crippen molar-refractivity contribution in [3.8, 4) is 0 Å². The molecule has 24 heavy (non-hydrogen) atoms. The fraction of sp³-hybridized carbons (Fsp3) is 0.667. The number of furan rings is 1. The van der Waals surface area contributed by atoms with E-state index in [2.05, 4.69) is 17.6 Å². The second kappa shape index (κ2) is 10.0. The monoisotopic (exact) mass is 338 g/mol. The van der Waals surface area contributed by atoms with Crippen molar-refractivity contribution in [2.24, 2.45) is 0 Å². The van der Waals surface area contributed by atoms with E-state index in [9.17, 15) is 9.59 Å². The number of hydrogen-bond donors (Lipinski definition) is 2. The molecule has 0 saturated heterocycles. The largest absolute Gasteiger partial charge is 0.472 e. The zero-order valence-electron chi connectivity index (χ0n) is 15.2. The lowest BCUT2D eigenvalue weighted by Crippen LogP contribution is -2.48. The minimum Gasteiger partial charge on any atom is -0.472 e. The first-order chi connectivity index (χ1) is 11.3. The third-order valence-electron chi connectivity index (χ3n) is 3.40. The van der Waals surface area contributed by atoms with E-state index < -0.39 is 17.7 Å². The molecule has 0 aromatic carbocycles. The molecule has 1 rings (SSSR count). The molecule has 2 N–H and O–H groups in total. The third kappa shape index (κ3) is 8.60. The van der Waals surface area contributed by atoms with Crippen molar-refractivity contribution < 1.29 is 18.7 Å². The van der Waals surface area contributed by atoms with Gasteiger partial charge >= 0.3 is 6.09 Å². The van der Waals surface area contributed by atoms with Crippen LogP contribution in [0.3, 0.4) is 0 Å². The van der Waals surface area contributed by atoms with Gasteiger partial charge in [-0.15, -0.1) is 0 Å². The smallest absolute Gasteiger partial charge is 0.408 e. The molecular weight excluding hydrogens is 308 g/mol. The predicted octanol–water partition coefficient (Wildman–Crippen LogP) is 3.41. The highest BCUT2D eigenvalue weighted by atomic mass is 16.6. The summed E-state index contributed by atoms with van der Waals surface area (Å²) >= 11 is 0. The Kier molecular flexibility index (Phi) is 8.36. The highest BCUT2D eigenvalue weighted by Crippen LogP contribution is 2.09. The SMILES string of the molecule is CCCCC[C@H](NC(=O)OC(C)(C)C)C(=O)NCCc1ccoc1. The molecule has 2 amide bonds. The Bertz CT molecular complexity index is 492. The van der Waals surface area contributed by atoms with Crippen LogP contribution in [0.1, 0.15) is 58.9 Å². The molecule has 0 radical (unpaired) electrons. The van der Waals surface area contributed by atoms with Gasteiger partial charge in [0.15, 0.2) is 0 Å². The fourth-order valence-corrected chi connectivity index (χ4v) is 2.21. The molecule has 1 heterocycles. The van der Waals surface area contributed by atoms with E-state index >= 15 is 0 Å². The van der Waals surface area contributed by atoms with Gasteiger partial charge < -0.3 is 19.8 Å². The molecule has 0 saturated carbocycles. The van der Waals surface area contributed by atoms with Crippen LogP contribution in [0.5, 0.6) is 0 Å². The van der Waals surface area contributed by atoms with Gasteiger partial charge in [-0.05, 0) is 45.2 Å². The van der Waals surface area contributed by atoms with E-state index in [1.54, 1.807) is 33.3 Å². The summed E-state index contributed by atoms with van der Waals surface area (Å²) in [5, 5.41) is 5.55. The minimum atomic E-state index is -0.587. The van der Waals surface area contributed by atoms with Crippen LogP contribution in [-0.4, -0.2) is 30.2 Å². The molecule has 6 nitrogen and oxygen atoms in total. The maximum absolute atomic E-state index is 12.4. The Labute approximate surface area is 144 Å². The summed E-state index contributed by atoms with van der Waals surface area (Å²) in [5.41, 5.74) is 0.438.